The van der Waals surface area contributed by atoms with E-state index >= 15 is 0 Å². The van der Waals surface area contributed by atoms with E-state index in [0.29, 0.717) is 50.5 Å². The van der Waals surface area contributed by atoms with E-state index in [9.17, 15) is 14.7 Å². The summed E-state index contributed by atoms with van der Waals surface area (Å²) >= 11 is 0. The largest absolute Gasteiger partial charge is 0.497 e. The number of methoxy groups -OCH3 is 1. The van der Waals surface area contributed by atoms with Crippen molar-refractivity contribution in [3.8, 4) is 11.5 Å². The molecule has 1 amide bonds. The van der Waals surface area contributed by atoms with Gasteiger partial charge in [0.25, 0.3) is 0 Å². The quantitative estimate of drug-likeness (QED) is 0.857. The Morgan fingerprint density at radius 2 is 1.92 bits per heavy atom. The van der Waals surface area contributed by atoms with E-state index < -0.39 is 18.2 Å². The normalized spacial score (nSPS) is 20.1. The molecule has 8 nitrogen and oxygen atoms in total. The predicted molar refractivity (Wildman–Crippen MR) is 85.2 cm³/mol. The summed E-state index contributed by atoms with van der Waals surface area (Å²) in [6, 6.07) is 3.68. The summed E-state index contributed by atoms with van der Waals surface area (Å²) in [4.78, 5) is 25.7. The van der Waals surface area contributed by atoms with Crippen LogP contribution >= 0.6 is 0 Å². The van der Waals surface area contributed by atoms with Crippen LogP contribution in [0.4, 0.5) is 10.5 Å². The first-order chi connectivity index (χ1) is 11.5. The molecule has 2 aliphatic rings. The summed E-state index contributed by atoms with van der Waals surface area (Å²) in [6.07, 6.45) is -0.762. The van der Waals surface area contributed by atoms with Crippen LogP contribution in [0.25, 0.3) is 0 Å². The van der Waals surface area contributed by atoms with Crippen LogP contribution in [0, 0.1) is 0 Å². The second kappa shape index (κ2) is 6.46. The highest BCUT2D eigenvalue weighted by atomic mass is 16.5. The number of nitrogens with zero attached hydrogens (tertiary/aromatic N) is 2. The van der Waals surface area contributed by atoms with Crippen LogP contribution in [-0.2, 0) is 11.2 Å². The lowest BCUT2D eigenvalue weighted by Crippen LogP contribution is -2.48. The van der Waals surface area contributed by atoms with Gasteiger partial charge in [-0.05, 0) is 18.9 Å². The van der Waals surface area contributed by atoms with Gasteiger partial charge in [0.1, 0.15) is 11.5 Å². The Morgan fingerprint density at radius 1 is 1.21 bits per heavy atom. The standard InChI is InChI=1S/C16H20N2O6/c1-23-11-8-10-2-3-13(15(19)20)24-14(10)12(9-11)17-4-6-18(7-5-17)16(21)22/h8-9,13H,2-7H2,1H3,(H,19,20)(H,21,22). The molecule has 3 rings (SSSR count). The van der Waals surface area contributed by atoms with Crippen molar-refractivity contribution in [3.63, 3.8) is 0 Å². The van der Waals surface area contributed by atoms with Gasteiger partial charge in [-0.3, -0.25) is 0 Å². The number of fused-ring (bicyclic) bond motifs is 1. The lowest BCUT2D eigenvalue weighted by atomic mass is 10.00. The fourth-order valence-corrected chi connectivity index (χ4v) is 3.12. The highest BCUT2D eigenvalue weighted by molar-refractivity contribution is 5.75. The van der Waals surface area contributed by atoms with Crippen LogP contribution in [0.2, 0.25) is 0 Å². The van der Waals surface area contributed by atoms with Crippen molar-refractivity contribution in [3.05, 3.63) is 17.7 Å². The number of amides is 1. The summed E-state index contributed by atoms with van der Waals surface area (Å²) in [5.74, 6) is 0.276. The molecule has 0 aromatic heterocycles. The van der Waals surface area contributed by atoms with Crippen LogP contribution < -0.4 is 14.4 Å². The third kappa shape index (κ3) is 3.04. The van der Waals surface area contributed by atoms with Gasteiger partial charge in [-0.25, -0.2) is 9.59 Å². The van der Waals surface area contributed by atoms with E-state index in [4.69, 9.17) is 14.6 Å². The van der Waals surface area contributed by atoms with Crippen molar-refractivity contribution < 1.29 is 29.3 Å². The number of aliphatic carboxylic acids is 1. The van der Waals surface area contributed by atoms with Gasteiger partial charge in [-0.15, -0.1) is 0 Å². The average Bonchev–Trinajstić information content (AvgIpc) is 2.60. The second-order valence-electron chi connectivity index (χ2n) is 5.87. The van der Waals surface area contributed by atoms with Crippen LogP contribution in [-0.4, -0.2) is 66.6 Å². The third-order valence-electron chi connectivity index (χ3n) is 4.46. The Balaban J connectivity index is 1.89. The van der Waals surface area contributed by atoms with Gasteiger partial charge in [-0.1, -0.05) is 0 Å². The van der Waals surface area contributed by atoms with Gasteiger partial charge < -0.3 is 29.5 Å². The van der Waals surface area contributed by atoms with Gasteiger partial charge in [0.05, 0.1) is 12.8 Å². The van der Waals surface area contributed by atoms with E-state index in [2.05, 4.69) is 0 Å². The zero-order valence-corrected chi connectivity index (χ0v) is 13.4. The lowest BCUT2D eigenvalue weighted by Gasteiger charge is -2.37. The molecule has 2 heterocycles. The number of ether oxygens (including phenoxy) is 2. The number of piperazine rings is 1. The zero-order chi connectivity index (χ0) is 17.3. The van der Waals surface area contributed by atoms with Gasteiger partial charge in [0, 0.05) is 37.8 Å². The highest BCUT2D eigenvalue weighted by Crippen LogP contribution is 2.41. The van der Waals surface area contributed by atoms with Crippen LogP contribution in [0.1, 0.15) is 12.0 Å². The first-order valence-corrected chi connectivity index (χ1v) is 7.82. The van der Waals surface area contributed by atoms with Gasteiger partial charge in [0.2, 0.25) is 0 Å². The summed E-state index contributed by atoms with van der Waals surface area (Å²) in [6.45, 7) is 1.83. The van der Waals surface area contributed by atoms with Crippen molar-refractivity contribution in [1.82, 2.24) is 4.90 Å². The monoisotopic (exact) mass is 336 g/mol. The molecule has 130 valence electrons. The molecule has 0 saturated carbocycles. The molecule has 0 bridgehead atoms. The molecule has 0 radical (unpaired) electrons. The molecule has 1 aromatic rings. The van der Waals surface area contributed by atoms with E-state index in [1.807, 2.05) is 17.0 Å². The number of rotatable bonds is 3. The molecule has 2 aliphatic heterocycles. The number of hydrogen-bond acceptors (Lipinski definition) is 5. The fraction of sp³-hybridized carbons (Fsp3) is 0.500. The number of hydrogen-bond donors (Lipinski definition) is 2. The minimum Gasteiger partial charge on any atom is -0.497 e. The molecule has 1 fully saturated rings. The molecule has 24 heavy (non-hydrogen) atoms. The third-order valence-corrected chi connectivity index (χ3v) is 4.46. The summed E-state index contributed by atoms with van der Waals surface area (Å²) in [5, 5.41) is 18.3. The van der Waals surface area contributed by atoms with Crippen molar-refractivity contribution in [2.24, 2.45) is 0 Å². The summed E-state index contributed by atoms with van der Waals surface area (Å²) < 4.78 is 11.1. The predicted octanol–water partition coefficient (Wildman–Crippen LogP) is 1.27. The van der Waals surface area contributed by atoms with Crippen molar-refractivity contribution in [1.29, 1.82) is 0 Å². The molecular formula is C16H20N2O6. The molecular weight excluding hydrogens is 316 g/mol. The van der Waals surface area contributed by atoms with Gasteiger partial charge in [0.15, 0.2) is 6.10 Å². The number of carboxylic acids is 1. The molecule has 8 heteroatoms. The Hall–Kier alpha value is -2.64. The number of aryl methyl sites for hydroxylation is 1. The van der Waals surface area contributed by atoms with Gasteiger partial charge in [-0.2, -0.15) is 0 Å². The molecule has 0 spiro atoms. The van der Waals surface area contributed by atoms with Gasteiger partial charge >= 0.3 is 12.1 Å². The minimum atomic E-state index is -0.974. The zero-order valence-electron chi connectivity index (χ0n) is 13.4. The van der Waals surface area contributed by atoms with E-state index in [-0.39, 0.29) is 0 Å². The second-order valence-corrected chi connectivity index (χ2v) is 5.87. The first-order valence-electron chi connectivity index (χ1n) is 7.82. The highest BCUT2D eigenvalue weighted by Gasteiger charge is 2.31. The Bertz CT molecular complexity index is 654. The Kier molecular flexibility index (Phi) is 4.37. The Labute approximate surface area is 139 Å². The minimum absolute atomic E-state index is 0.393. The molecule has 2 N–H and O–H groups in total. The topological polar surface area (TPSA) is 99.5 Å². The number of carbonyl (C=O) groups is 2. The van der Waals surface area contributed by atoms with Crippen molar-refractivity contribution in [2.45, 2.75) is 18.9 Å². The summed E-state index contributed by atoms with van der Waals surface area (Å²) in [7, 11) is 1.58. The Morgan fingerprint density at radius 3 is 2.50 bits per heavy atom. The SMILES string of the molecule is COc1cc2c(c(N3CCN(C(=O)O)CC3)c1)OC(C(=O)O)CC2. The molecule has 0 aliphatic carbocycles. The molecule has 1 saturated heterocycles. The molecule has 1 atom stereocenters. The first kappa shape index (κ1) is 16.2. The maximum atomic E-state index is 11.3. The maximum absolute atomic E-state index is 11.3. The van der Waals surface area contributed by atoms with Crippen molar-refractivity contribution in [2.75, 3.05) is 38.2 Å². The van der Waals surface area contributed by atoms with E-state index in [1.54, 1.807) is 7.11 Å². The van der Waals surface area contributed by atoms with Crippen LogP contribution in [0.15, 0.2) is 12.1 Å². The van der Waals surface area contributed by atoms with Crippen molar-refractivity contribution >= 4 is 17.7 Å². The van der Waals surface area contributed by atoms with E-state index in [1.165, 1.54) is 4.90 Å². The fourth-order valence-electron chi connectivity index (χ4n) is 3.12. The van der Waals surface area contributed by atoms with Crippen LogP contribution in [0.5, 0.6) is 11.5 Å². The molecule has 1 unspecified atom stereocenters. The maximum Gasteiger partial charge on any atom is 0.407 e. The number of carboxylic acid groups (broad SMARTS) is 2. The molecule has 1 aromatic carbocycles. The number of benzene rings is 1. The number of anilines is 1. The van der Waals surface area contributed by atoms with Crippen LogP contribution in [0.3, 0.4) is 0 Å². The summed E-state index contributed by atoms with van der Waals surface area (Å²) in [5.41, 5.74) is 1.68. The average molecular weight is 336 g/mol. The van der Waals surface area contributed by atoms with E-state index in [0.717, 1.165) is 11.3 Å². The lowest BCUT2D eigenvalue weighted by molar-refractivity contribution is -0.145. The smallest absolute Gasteiger partial charge is 0.407 e.